The fraction of sp³-hybridized carbons (Fsp3) is 0.923. The number of thioether (sulfide) groups is 1. The van der Waals surface area contributed by atoms with Gasteiger partial charge in [-0.1, -0.05) is 0 Å². The van der Waals surface area contributed by atoms with E-state index >= 15 is 0 Å². The van der Waals surface area contributed by atoms with E-state index in [-0.39, 0.29) is 5.97 Å². The minimum absolute atomic E-state index is 0.0712. The number of carbonyl (C=O) groups excluding carboxylic acids is 1. The molecule has 4 nitrogen and oxygen atoms in total. The van der Waals surface area contributed by atoms with Crippen molar-refractivity contribution in [2.45, 2.75) is 32.2 Å². The van der Waals surface area contributed by atoms with E-state index in [2.05, 4.69) is 11.2 Å². The number of esters is 1. The van der Waals surface area contributed by atoms with Crippen molar-refractivity contribution >= 4 is 17.7 Å². The summed E-state index contributed by atoms with van der Waals surface area (Å²) < 4.78 is 10.4. The summed E-state index contributed by atoms with van der Waals surface area (Å²) in [6.07, 6.45) is 4.86. The Morgan fingerprint density at radius 3 is 2.78 bits per heavy atom. The third kappa shape index (κ3) is 6.07. The maximum absolute atomic E-state index is 11.6. The molecule has 1 aliphatic rings. The molecular weight excluding hydrogens is 250 g/mol. The largest absolute Gasteiger partial charge is 0.466 e. The van der Waals surface area contributed by atoms with Crippen LogP contribution in [0.3, 0.4) is 0 Å². The van der Waals surface area contributed by atoms with Gasteiger partial charge in [-0.15, -0.1) is 0 Å². The number of rotatable bonds is 8. The van der Waals surface area contributed by atoms with Crippen molar-refractivity contribution in [2.24, 2.45) is 0 Å². The number of hydrogen-bond acceptors (Lipinski definition) is 5. The van der Waals surface area contributed by atoms with E-state index in [9.17, 15) is 4.79 Å². The lowest BCUT2D eigenvalue weighted by atomic mass is 10.1. The Kier molecular flexibility index (Phi) is 8.46. The highest BCUT2D eigenvalue weighted by Crippen LogP contribution is 2.15. The van der Waals surface area contributed by atoms with Crippen LogP contribution in [0.1, 0.15) is 26.2 Å². The topological polar surface area (TPSA) is 38.8 Å². The monoisotopic (exact) mass is 275 g/mol. The molecule has 1 aliphatic heterocycles. The van der Waals surface area contributed by atoms with Crippen molar-refractivity contribution in [3.05, 3.63) is 0 Å². The van der Waals surface area contributed by atoms with Crippen LogP contribution in [0.4, 0.5) is 0 Å². The summed E-state index contributed by atoms with van der Waals surface area (Å²) in [7, 11) is 0. The maximum atomic E-state index is 11.6. The molecule has 0 saturated carbocycles. The second-order valence-corrected chi connectivity index (χ2v) is 5.43. The van der Waals surface area contributed by atoms with Gasteiger partial charge in [0.25, 0.3) is 0 Å². The molecule has 0 aromatic rings. The van der Waals surface area contributed by atoms with Crippen molar-refractivity contribution in [1.29, 1.82) is 0 Å². The number of morpholine rings is 1. The second kappa shape index (κ2) is 9.64. The van der Waals surface area contributed by atoms with Crippen molar-refractivity contribution in [1.82, 2.24) is 4.90 Å². The predicted molar refractivity (Wildman–Crippen MR) is 75.0 cm³/mol. The molecule has 0 N–H and O–H groups in total. The Morgan fingerprint density at radius 2 is 2.17 bits per heavy atom. The zero-order valence-corrected chi connectivity index (χ0v) is 12.3. The molecule has 0 aromatic carbocycles. The molecule has 106 valence electrons. The lowest BCUT2D eigenvalue weighted by Crippen LogP contribution is -2.44. The summed E-state index contributed by atoms with van der Waals surface area (Å²) in [6.45, 7) is 5.76. The summed E-state index contributed by atoms with van der Waals surface area (Å²) in [6, 6.07) is 0.320. The summed E-state index contributed by atoms with van der Waals surface area (Å²) in [5.74, 6) is 1.09. The first-order valence-electron chi connectivity index (χ1n) is 6.74. The minimum atomic E-state index is -0.0712. The molecule has 0 radical (unpaired) electrons. The molecule has 5 heteroatoms. The first-order valence-corrected chi connectivity index (χ1v) is 8.13. The van der Waals surface area contributed by atoms with Gasteiger partial charge in [0.1, 0.15) is 0 Å². The Balaban J connectivity index is 2.41. The SMILES string of the molecule is CCOC(=O)CC(CCCSC)N1CCOCC1. The first-order chi connectivity index (χ1) is 8.77. The van der Waals surface area contributed by atoms with E-state index in [4.69, 9.17) is 9.47 Å². The molecule has 1 heterocycles. The van der Waals surface area contributed by atoms with Crippen LogP contribution >= 0.6 is 11.8 Å². The van der Waals surface area contributed by atoms with E-state index in [0.717, 1.165) is 44.9 Å². The van der Waals surface area contributed by atoms with Gasteiger partial charge in [0.2, 0.25) is 0 Å². The number of carbonyl (C=O) groups is 1. The first kappa shape index (κ1) is 15.8. The van der Waals surface area contributed by atoms with Crippen LogP contribution in [0.5, 0.6) is 0 Å². The quantitative estimate of drug-likeness (QED) is 0.499. The minimum Gasteiger partial charge on any atom is -0.466 e. The van der Waals surface area contributed by atoms with Crippen molar-refractivity contribution in [3.63, 3.8) is 0 Å². The Labute approximate surface area is 114 Å². The van der Waals surface area contributed by atoms with Crippen LogP contribution in [0.2, 0.25) is 0 Å². The van der Waals surface area contributed by atoms with Crippen LogP contribution in [0.25, 0.3) is 0 Å². The van der Waals surface area contributed by atoms with Crippen LogP contribution in [0.15, 0.2) is 0 Å². The van der Waals surface area contributed by atoms with Gasteiger partial charge in [-0.25, -0.2) is 0 Å². The molecule has 0 spiro atoms. The standard InChI is InChI=1S/C13H25NO3S/c1-3-17-13(15)11-12(5-4-10-18-2)14-6-8-16-9-7-14/h12H,3-11H2,1-2H3. The lowest BCUT2D eigenvalue weighted by molar-refractivity contribution is -0.145. The molecular formula is C13H25NO3S. The Bertz CT molecular complexity index is 232. The van der Waals surface area contributed by atoms with Crippen molar-refractivity contribution in [2.75, 3.05) is 44.9 Å². The molecule has 1 rings (SSSR count). The van der Waals surface area contributed by atoms with Gasteiger partial charge in [0.05, 0.1) is 26.2 Å². The van der Waals surface area contributed by atoms with Crippen molar-refractivity contribution in [3.8, 4) is 0 Å². The van der Waals surface area contributed by atoms with Gasteiger partial charge >= 0.3 is 5.97 Å². The third-order valence-electron chi connectivity index (χ3n) is 3.16. The van der Waals surface area contributed by atoms with Crippen LogP contribution in [-0.4, -0.2) is 61.8 Å². The summed E-state index contributed by atoms with van der Waals surface area (Å²) in [5, 5.41) is 0. The van der Waals surface area contributed by atoms with Crippen molar-refractivity contribution < 1.29 is 14.3 Å². The van der Waals surface area contributed by atoms with E-state index in [0.29, 0.717) is 19.1 Å². The fourth-order valence-electron chi connectivity index (χ4n) is 2.23. The van der Waals surface area contributed by atoms with E-state index < -0.39 is 0 Å². The van der Waals surface area contributed by atoms with E-state index in [1.54, 1.807) is 0 Å². The lowest BCUT2D eigenvalue weighted by Gasteiger charge is -2.34. The van der Waals surface area contributed by atoms with E-state index in [1.165, 1.54) is 0 Å². The molecule has 1 atom stereocenters. The van der Waals surface area contributed by atoms with Gasteiger partial charge in [0.15, 0.2) is 0 Å². The normalized spacial score (nSPS) is 18.6. The van der Waals surface area contributed by atoms with Gasteiger partial charge in [-0.2, -0.15) is 11.8 Å². The maximum Gasteiger partial charge on any atom is 0.307 e. The second-order valence-electron chi connectivity index (χ2n) is 4.45. The van der Waals surface area contributed by atoms with Gasteiger partial charge in [-0.05, 0) is 31.8 Å². The average molecular weight is 275 g/mol. The summed E-state index contributed by atoms with van der Waals surface area (Å²) >= 11 is 1.86. The number of hydrogen-bond donors (Lipinski definition) is 0. The van der Waals surface area contributed by atoms with Gasteiger partial charge < -0.3 is 9.47 Å². The summed E-state index contributed by atoms with van der Waals surface area (Å²) in [5.41, 5.74) is 0. The molecule has 1 saturated heterocycles. The average Bonchev–Trinajstić information content (AvgIpc) is 2.39. The molecule has 18 heavy (non-hydrogen) atoms. The Hall–Kier alpha value is -0.260. The molecule has 0 aliphatic carbocycles. The predicted octanol–water partition coefficient (Wildman–Crippen LogP) is 1.78. The molecule has 0 amide bonds. The number of nitrogens with zero attached hydrogens (tertiary/aromatic N) is 1. The van der Waals surface area contributed by atoms with Crippen LogP contribution < -0.4 is 0 Å². The highest BCUT2D eigenvalue weighted by atomic mass is 32.2. The highest BCUT2D eigenvalue weighted by Gasteiger charge is 2.23. The zero-order valence-electron chi connectivity index (χ0n) is 11.5. The fourth-order valence-corrected chi connectivity index (χ4v) is 2.69. The molecule has 1 unspecified atom stereocenters. The van der Waals surface area contributed by atoms with Crippen LogP contribution in [-0.2, 0) is 14.3 Å². The molecule has 0 aromatic heterocycles. The molecule has 1 fully saturated rings. The highest BCUT2D eigenvalue weighted by molar-refractivity contribution is 7.98. The zero-order chi connectivity index (χ0) is 13.2. The smallest absolute Gasteiger partial charge is 0.307 e. The summed E-state index contributed by atoms with van der Waals surface area (Å²) in [4.78, 5) is 14.0. The Morgan fingerprint density at radius 1 is 1.44 bits per heavy atom. The third-order valence-corrected chi connectivity index (χ3v) is 3.85. The van der Waals surface area contributed by atoms with Crippen LogP contribution in [0, 0.1) is 0 Å². The van der Waals surface area contributed by atoms with Gasteiger partial charge in [0, 0.05) is 19.1 Å². The van der Waals surface area contributed by atoms with E-state index in [1.807, 2.05) is 18.7 Å². The molecule has 0 bridgehead atoms. The van der Waals surface area contributed by atoms with Gasteiger partial charge in [-0.3, -0.25) is 9.69 Å². The number of ether oxygens (including phenoxy) is 2.